The van der Waals surface area contributed by atoms with E-state index in [4.69, 9.17) is 4.74 Å². The van der Waals surface area contributed by atoms with Crippen molar-refractivity contribution in [2.45, 2.75) is 6.54 Å². The first-order chi connectivity index (χ1) is 12.7. The molecule has 2 heterocycles. The zero-order chi connectivity index (χ0) is 18.2. The average molecular weight is 349 g/mol. The van der Waals surface area contributed by atoms with Gasteiger partial charge in [0.25, 0.3) is 0 Å². The first-order valence-electron chi connectivity index (χ1n) is 7.94. The van der Waals surface area contributed by atoms with Crippen molar-refractivity contribution in [3.05, 3.63) is 90.1 Å². The van der Waals surface area contributed by atoms with Crippen molar-refractivity contribution in [2.24, 2.45) is 0 Å². The lowest BCUT2D eigenvalue weighted by atomic mass is 10.2. The molecule has 0 saturated heterocycles. The van der Waals surface area contributed by atoms with E-state index < -0.39 is 0 Å². The predicted octanol–water partition coefficient (Wildman–Crippen LogP) is 3.74. The second-order valence-electron chi connectivity index (χ2n) is 5.37. The maximum Gasteiger partial charge on any atom is 0.244 e. The second-order valence-corrected chi connectivity index (χ2v) is 5.37. The second kappa shape index (κ2) is 8.53. The molecule has 130 valence electrons. The van der Waals surface area contributed by atoms with Crippen LogP contribution in [0.3, 0.4) is 0 Å². The van der Waals surface area contributed by atoms with Gasteiger partial charge in [0.05, 0.1) is 5.69 Å². The highest BCUT2D eigenvalue weighted by Crippen LogP contribution is 2.19. The summed E-state index contributed by atoms with van der Waals surface area (Å²) < 4.78 is 18.4. The maximum atomic E-state index is 12.9. The van der Waals surface area contributed by atoms with Crippen molar-refractivity contribution in [3.63, 3.8) is 0 Å². The number of carbonyl (C=O) groups is 1. The SMILES string of the molecule is O=C(C=Cc1ccccn1)NCc1ccc(Oc2ccc(F)cc2)nc1. The number of nitrogens with one attached hydrogen (secondary N) is 1. The van der Waals surface area contributed by atoms with E-state index in [-0.39, 0.29) is 11.7 Å². The Bertz CT molecular complexity index is 879. The molecule has 0 fully saturated rings. The molecule has 0 spiro atoms. The van der Waals surface area contributed by atoms with Crippen molar-refractivity contribution in [2.75, 3.05) is 0 Å². The van der Waals surface area contributed by atoms with E-state index in [9.17, 15) is 9.18 Å². The molecule has 1 amide bonds. The molecule has 5 nitrogen and oxygen atoms in total. The van der Waals surface area contributed by atoms with Gasteiger partial charge in [-0.1, -0.05) is 12.1 Å². The van der Waals surface area contributed by atoms with Gasteiger partial charge in [-0.15, -0.1) is 0 Å². The summed E-state index contributed by atoms with van der Waals surface area (Å²) in [6, 6.07) is 14.7. The Balaban J connectivity index is 1.50. The number of amides is 1. The van der Waals surface area contributed by atoms with Crippen LogP contribution in [0.2, 0.25) is 0 Å². The van der Waals surface area contributed by atoms with Gasteiger partial charge in [-0.05, 0) is 48.0 Å². The Labute approximate surface area is 150 Å². The van der Waals surface area contributed by atoms with Crippen LogP contribution in [0.5, 0.6) is 11.6 Å². The number of benzene rings is 1. The molecule has 0 bridgehead atoms. The molecule has 6 heteroatoms. The summed E-state index contributed by atoms with van der Waals surface area (Å²) in [7, 11) is 0. The van der Waals surface area contributed by atoms with Gasteiger partial charge in [-0.2, -0.15) is 0 Å². The Hall–Kier alpha value is -3.54. The molecule has 3 rings (SSSR count). The number of nitrogens with zero attached hydrogens (tertiary/aromatic N) is 2. The van der Waals surface area contributed by atoms with E-state index in [2.05, 4.69) is 15.3 Å². The van der Waals surface area contributed by atoms with E-state index in [1.165, 1.54) is 30.3 Å². The fourth-order valence-electron chi connectivity index (χ4n) is 2.08. The minimum atomic E-state index is -0.325. The summed E-state index contributed by atoms with van der Waals surface area (Å²) in [6.07, 6.45) is 6.36. The molecule has 0 atom stereocenters. The number of halogens is 1. The fraction of sp³-hybridized carbons (Fsp3) is 0.0500. The van der Waals surface area contributed by atoms with E-state index in [0.717, 1.165) is 5.56 Å². The van der Waals surface area contributed by atoms with Crippen molar-refractivity contribution in [3.8, 4) is 11.6 Å². The summed E-state index contributed by atoms with van der Waals surface area (Å²) in [6.45, 7) is 0.342. The lowest BCUT2D eigenvalue weighted by molar-refractivity contribution is -0.116. The molecule has 0 aliphatic rings. The third kappa shape index (κ3) is 5.24. The van der Waals surface area contributed by atoms with Gasteiger partial charge in [0.2, 0.25) is 11.8 Å². The summed E-state index contributed by atoms with van der Waals surface area (Å²) in [5.41, 5.74) is 1.54. The van der Waals surface area contributed by atoms with Gasteiger partial charge in [-0.3, -0.25) is 9.78 Å². The molecule has 0 aliphatic heterocycles. The molecule has 2 aromatic heterocycles. The summed E-state index contributed by atoms with van der Waals surface area (Å²) >= 11 is 0. The smallest absolute Gasteiger partial charge is 0.244 e. The van der Waals surface area contributed by atoms with Gasteiger partial charge in [-0.25, -0.2) is 9.37 Å². The molecule has 0 saturated carbocycles. The number of hydrogen-bond donors (Lipinski definition) is 1. The topological polar surface area (TPSA) is 64.1 Å². The zero-order valence-electron chi connectivity index (χ0n) is 13.8. The largest absolute Gasteiger partial charge is 0.439 e. The zero-order valence-corrected chi connectivity index (χ0v) is 13.8. The van der Waals surface area contributed by atoms with Crippen LogP contribution in [0.1, 0.15) is 11.3 Å². The molecular formula is C20H16FN3O2. The highest BCUT2D eigenvalue weighted by Gasteiger charge is 2.01. The van der Waals surface area contributed by atoms with Crippen LogP contribution in [0.15, 0.2) is 73.1 Å². The highest BCUT2D eigenvalue weighted by atomic mass is 19.1. The van der Waals surface area contributed by atoms with Crippen LogP contribution < -0.4 is 10.1 Å². The van der Waals surface area contributed by atoms with Crippen LogP contribution >= 0.6 is 0 Å². The number of carbonyl (C=O) groups excluding carboxylic acids is 1. The standard InChI is InChI=1S/C20H16FN3O2/c21-16-5-8-18(9-6-16)26-20-11-4-15(14-24-20)13-23-19(25)10-7-17-3-1-2-12-22-17/h1-12,14H,13H2,(H,23,25). The Morgan fingerprint density at radius 2 is 1.92 bits per heavy atom. The van der Waals surface area contributed by atoms with Crippen LogP contribution in [0.4, 0.5) is 4.39 Å². The maximum absolute atomic E-state index is 12.9. The van der Waals surface area contributed by atoms with Gasteiger partial charge >= 0.3 is 0 Å². The lowest BCUT2D eigenvalue weighted by Gasteiger charge is -2.06. The quantitative estimate of drug-likeness (QED) is 0.689. The van der Waals surface area contributed by atoms with Crippen molar-refractivity contribution >= 4 is 12.0 Å². The molecule has 1 aromatic carbocycles. The molecule has 0 radical (unpaired) electrons. The fourth-order valence-corrected chi connectivity index (χ4v) is 2.08. The van der Waals surface area contributed by atoms with E-state index >= 15 is 0 Å². The minimum Gasteiger partial charge on any atom is -0.439 e. The van der Waals surface area contributed by atoms with E-state index in [1.54, 1.807) is 30.6 Å². The first-order valence-corrected chi connectivity index (χ1v) is 7.94. The van der Waals surface area contributed by atoms with Gasteiger partial charge in [0.1, 0.15) is 11.6 Å². The average Bonchev–Trinajstić information content (AvgIpc) is 2.68. The lowest BCUT2D eigenvalue weighted by Crippen LogP contribution is -2.20. The Morgan fingerprint density at radius 1 is 1.08 bits per heavy atom. The Morgan fingerprint density at radius 3 is 2.62 bits per heavy atom. The summed E-state index contributed by atoms with van der Waals surface area (Å²) in [4.78, 5) is 20.1. The predicted molar refractivity (Wildman–Crippen MR) is 95.8 cm³/mol. The molecule has 0 unspecified atom stereocenters. The molecular weight excluding hydrogens is 333 g/mol. The monoisotopic (exact) mass is 349 g/mol. The van der Waals surface area contributed by atoms with Gasteiger partial charge in [0, 0.05) is 31.1 Å². The number of hydrogen-bond acceptors (Lipinski definition) is 4. The number of rotatable bonds is 6. The van der Waals surface area contributed by atoms with Crippen LogP contribution in [0, 0.1) is 5.82 Å². The molecule has 26 heavy (non-hydrogen) atoms. The third-order valence-electron chi connectivity index (χ3n) is 3.39. The number of ether oxygens (including phenoxy) is 1. The van der Waals surface area contributed by atoms with Crippen LogP contribution in [-0.4, -0.2) is 15.9 Å². The molecule has 0 aliphatic carbocycles. The normalized spacial score (nSPS) is 10.7. The van der Waals surface area contributed by atoms with E-state index in [0.29, 0.717) is 23.9 Å². The third-order valence-corrected chi connectivity index (χ3v) is 3.39. The van der Waals surface area contributed by atoms with Crippen molar-refractivity contribution in [1.29, 1.82) is 0 Å². The van der Waals surface area contributed by atoms with Gasteiger partial charge < -0.3 is 10.1 Å². The molecule has 1 N–H and O–H groups in total. The van der Waals surface area contributed by atoms with E-state index in [1.807, 2.05) is 18.2 Å². The molecule has 3 aromatic rings. The Kier molecular flexibility index (Phi) is 5.67. The highest BCUT2D eigenvalue weighted by molar-refractivity contribution is 5.91. The first kappa shape index (κ1) is 17.3. The van der Waals surface area contributed by atoms with Crippen LogP contribution in [0.25, 0.3) is 6.08 Å². The van der Waals surface area contributed by atoms with Crippen molar-refractivity contribution in [1.82, 2.24) is 15.3 Å². The number of aromatic nitrogens is 2. The summed E-state index contributed by atoms with van der Waals surface area (Å²) in [5.74, 6) is 0.345. The number of pyridine rings is 2. The van der Waals surface area contributed by atoms with Crippen molar-refractivity contribution < 1.29 is 13.9 Å². The van der Waals surface area contributed by atoms with Crippen LogP contribution in [-0.2, 0) is 11.3 Å². The van der Waals surface area contributed by atoms with Gasteiger partial charge in [0.15, 0.2) is 0 Å². The summed E-state index contributed by atoms with van der Waals surface area (Å²) in [5, 5.41) is 2.77. The minimum absolute atomic E-state index is 0.220.